The van der Waals surface area contributed by atoms with Gasteiger partial charge in [0, 0.05) is 18.0 Å². The highest BCUT2D eigenvalue weighted by atomic mass is 35.5. The van der Waals surface area contributed by atoms with Gasteiger partial charge in [0.2, 0.25) is 0 Å². The summed E-state index contributed by atoms with van der Waals surface area (Å²) >= 11 is 5.70. The molecule has 0 N–H and O–H groups in total. The average Bonchev–Trinajstić information content (AvgIpc) is 2.69. The molecule has 78 valence electrons. The minimum Gasteiger partial charge on any atom is -0.329 e. The Hall–Kier alpha value is -1.35. The minimum absolute atomic E-state index is 0.202. The summed E-state index contributed by atoms with van der Waals surface area (Å²) in [7, 11) is 0. The van der Waals surface area contributed by atoms with Crippen LogP contribution in [0.25, 0.3) is 0 Å². The van der Waals surface area contributed by atoms with E-state index >= 15 is 0 Å². The van der Waals surface area contributed by atoms with Crippen LogP contribution in [-0.4, -0.2) is 9.55 Å². The molecule has 0 radical (unpaired) electrons. The molecule has 0 aliphatic rings. The predicted molar refractivity (Wildman–Crippen MR) is 57.3 cm³/mol. The molecule has 2 nitrogen and oxygen atoms in total. The van der Waals surface area contributed by atoms with Crippen LogP contribution in [0.5, 0.6) is 0 Å². The Kier molecular flexibility index (Phi) is 3.02. The largest absolute Gasteiger partial charge is 0.329 e. The van der Waals surface area contributed by atoms with E-state index in [1.54, 1.807) is 24.5 Å². The van der Waals surface area contributed by atoms with E-state index in [4.69, 9.17) is 11.6 Å². The SMILES string of the molecule is Fc1ccccc1Cn1ccnc1CCl. The Morgan fingerprint density at radius 2 is 2.13 bits per heavy atom. The van der Waals surface area contributed by atoms with E-state index in [0.717, 1.165) is 5.82 Å². The van der Waals surface area contributed by atoms with Crippen molar-refractivity contribution in [3.8, 4) is 0 Å². The Labute approximate surface area is 92.3 Å². The summed E-state index contributed by atoms with van der Waals surface area (Å²) in [6.07, 6.45) is 3.46. The molecule has 0 saturated carbocycles. The predicted octanol–water partition coefficient (Wildman–Crippen LogP) is 2.81. The van der Waals surface area contributed by atoms with Gasteiger partial charge in [-0.25, -0.2) is 9.37 Å². The quantitative estimate of drug-likeness (QED) is 0.734. The van der Waals surface area contributed by atoms with Gasteiger partial charge in [0.1, 0.15) is 11.6 Å². The first-order valence-electron chi connectivity index (χ1n) is 4.60. The molecular formula is C11H10ClFN2. The van der Waals surface area contributed by atoms with Crippen LogP contribution in [0.4, 0.5) is 4.39 Å². The molecule has 4 heteroatoms. The Bertz CT molecular complexity index is 453. The van der Waals surface area contributed by atoms with Gasteiger partial charge in [0.15, 0.2) is 0 Å². The van der Waals surface area contributed by atoms with E-state index < -0.39 is 0 Å². The molecule has 0 saturated heterocycles. The molecular weight excluding hydrogens is 215 g/mol. The third-order valence-corrected chi connectivity index (χ3v) is 2.46. The molecule has 0 unspecified atom stereocenters. The second-order valence-corrected chi connectivity index (χ2v) is 3.46. The zero-order chi connectivity index (χ0) is 10.7. The number of aromatic nitrogens is 2. The van der Waals surface area contributed by atoms with Crippen molar-refractivity contribution < 1.29 is 4.39 Å². The van der Waals surface area contributed by atoms with Crippen molar-refractivity contribution in [3.05, 3.63) is 53.9 Å². The van der Waals surface area contributed by atoms with Crippen LogP contribution < -0.4 is 0 Å². The Morgan fingerprint density at radius 3 is 2.87 bits per heavy atom. The van der Waals surface area contributed by atoms with Crippen molar-refractivity contribution in [1.82, 2.24) is 9.55 Å². The van der Waals surface area contributed by atoms with Crippen molar-refractivity contribution in [3.63, 3.8) is 0 Å². The molecule has 1 heterocycles. The van der Waals surface area contributed by atoms with Crippen LogP contribution in [-0.2, 0) is 12.4 Å². The highest BCUT2D eigenvalue weighted by Gasteiger charge is 2.05. The van der Waals surface area contributed by atoms with Crippen LogP contribution in [0.2, 0.25) is 0 Å². The zero-order valence-electron chi connectivity index (χ0n) is 8.03. The maximum atomic E-state index is 13.4. The number of benzene rings is 1. The second kappa shape index (κ2) is 4.45. The van der Waals surface area contributed by atoms with Gasteiger partial charge in [0.25, 0.3) is 0 Å². The summed E-state index contributed by atoms with van der Waals surface area (Å²) < 4.78 is 15.2. The van der Waals surface area contributed by atoms with Gasteiger partial charge in [-0.05, 0) is 6.07 Å². The Morgan fingerprint density at radius 1 is 1.33 bits per heavy atom. The Balaban J connectivity index is 2.26. The lowest BCUT2D eigenvalue weighted by Crippen LogP contribution is -2.04. The molecule has 2 rings (SSSR count). The van der Waals surface area contributed by atoms with E-state index in [-0.39, 0.29) is 5.82 Å². The van der Waals surface area contributed by atoms with Gasteiger partial charge in [-0.15, -0.1) is 11.6 Å². The molecule has 0 atom stereocenters. The molecule has 0 amide bonds. The smallest absolute Gasteiger partial charge is 0.128 e. The fourth-order valence-corrected chi connectivity index (χ4v) is 1.65. The first-order chi connectivity index (χ1) is 7.31. The third-order valence-electron chi connectivity index (χ3n) is 2.22. The van der Waals surface area contributed by atoms with E-state index in [1.165, 1.54) is 6.07 Å². The summed E-state index contributed by atoms with van der Waals surface area (Å²) in [6, 6.07) is 6.70. The van der Waals surface area contributed by atoms with Crippen LogP contribution >= 0.6 is 11.6 Å². The summed E-state index contributed by atoms with van der Waals surface area (Å²) in [5, 5.41) is 0. The van der Waals surface area contributed by atoms with Crippen molar-refractivity contribution in [2.45, 2.75) is 12.4 Å². The van der Waals surface area contributed by atoms with E-state index in [9.17, 15) is 4.39 Å². The van der Waals surface area contributed by atoms with E-state index in [0.29, 0.717) is 18.0 Å². The molecule has 1 aromatic carbocycles. The first kappa shape index (κ1) is 10.2. The second-order valence-electron chi connectivity index (χ2n) is 3.20. The molecule has 0 aliphatic heterocycles. The summed E-state index contributed by atoms with van der Waals surface area (Å²) in [5.74, 6) is 0.883. The topological polar surface area (TPSA) is 17.8 Å². The van der Waals surface area contributed by atoms with Gasteiger partial charge >= 0.3 is 0 Å². The van der Waals surface area contributed by atoms with E-state index in [1.807, 2.05) is 10.6 Å². The van der Waals surface area contributed by atoms with Crippen LogP contribution in [0.15, 0.2) is 36.7 Å². The fourth-order valence-electron chi connectivity index (χ4n) is 1.43. The molecule has 1 aromatic heterocycles. The van der Waals surface area contributed by atoms with Gasteiger partial charge in [0.05, 0.1) is 12.4 Å². The average molecular weight is 225 g/mol. The first-order valence-corrected chi connectivity index (χ1v) is 5.14. The lowest BCUT2D eigenvalue weighted by atomic mass is 10.2. The number of rotatable bonds is 3. The monoisotopic (exact) mass is 224 g/mol. The highest BCUT2D eigenvalue weighted by molar-refractivity contribution is 6.16. The summed E-state index contributed by atoms with van der Waals surface area (Å²) in [5.41, 5.74) is 0.641. The van der Waals surface area contributed by atoms with Crippen LogP contribution in [0.3, 0.4) is 0 Å². The van der Waals surface area contributed by atoms with Gasteiger partial charge in [-0.1, -0.05) is 18.2 Å². The molecule has 0 aliphatic carbocycles. The molecule has 0 bridgehead atoms. The zero-order valence-corrected chi connectivity index (χ0v) is 8.78. The molecule has 0 spiro atoms. The summed E-state index contributed by atoms with van der Waals surface area (Å²) in [6.45, 7) is 0.467. The maximum absolute atomic E-state index is 13.4. The van der Waals surface area contributed by atoms with Crippen LogP contribution in [0, 0.1) is 5.82 Å². The number of imidazole rings is 1. The van der Waals surface area contributed by atoms with Crippen LogP contribution in [0.1, 0.15) is 11.4 Å². The molecule has 15 heavy (non-hydrogen) atoms. The number of hydrogen-bond acceptors (Lipinski definition) is 1. The molecule has 0 fully saturated rings. The fraction of sp³-hybridized carbons (Fsp3) is 0.182. The van der Waals surface area contributed by atoms with Crippen molar-refractivity contribution >= 4 is 11.6 Å². The third kappa shape index (κ3) is 2.18. The standard InChI is InChI=1S/C11H10ClFN2/c12-7-11-14-5-6-15(11)8-9-3-1-2-4-10(9)13/h1-6H,7-8H2. The van der Waals surface area contributed by atoms with Crippen molar-refractivity contribution in [2.75, 3.05) is 0 Å². The van der Waals surface area contributed by atoms with Gasteiger partial charge in [-0.3, -0.25) is 0 Å². The van der Waals surface area contributed by atoms with Gasteiger partial charge < -0.3 is 4.57 Å². The molecule has 2 aromatic rings. The normalized spacial score (nSPS) is 10.5. The lowest BCUT2D eigenvalue weighted by molar-refractivity contribution is 0.596. The minimum atomic E-state index is -0.202. The number of nitrogens with zero attached hydrogens (tertiary/aromatic N) is 2. The van der Waals surface area contributed by atoms with Crippen molar-refractivity contribution in [2.24, 2.45) is 0 Å². The number of halogens is 2. The summed E-state index contributed by atoms with van der Waals surface area (Å²) in [4.78, 5) is 4.07. The number of hydrogen-bond donors (Lipinski definition) is 0. The highest BCUT2D eigenvalue weighted by Crippen LogP contribution is 2.10. The number of alkyl halides is 1. The van der Waals surface area contributed by atoms with Crippen molar-refractivity contribution in [1.29, 1.82) is 0 Å². The lowest BCUT2D eigenvalue weighted by Gasteiger charge is -2.06. The van der Waals surface area contributed by atoms with E-state index in [2.05, 4.69) is 4.98 Å². The maximum Gasteiger partial charge on any atom is 0.128 e. The van der Waals surface area contributed by atoms with Gasteiger partial charge in [-0.2, -0.15) is 0 Å².